The third-order valence-corrected chi connectivity index (χ3v) is 7.58. The van der Waals surface area contributed by atoms with Crippen molar-refractivity contribution in [2.75, 3.05) is 25.0 Å². The highest BCUT2D eigenvalue weighted by Gasteiger charge is 2.31. The molecule has 2 aromatic rings. The number of carbonyl (C=O) groups excluding carboxylic acids is 2. The van der Waals surface area contributed by atoms with Crippen molar-refractivity contribution in [3.8, 4) is 0 Å². The maximum atomic E-state index is 12.7. The van der Waals surface area contributed by atoms with Crippen LogP contribution in [-0.4, -0.2) is 44.3 Å². The number of benzene rings is 2. The van der Waals surface area contributed by atoms with E-state index < -0.39 is 16.0 Å². The van der Waals surface area contributed by atoms with Gasteiger partial charge in [0.2, 0.25) is 15.9 Å². The van der Waals surface area contributed by atoms with Gasteiger partial charge in [-0.15, -0.1) is 0 Å². The number of amides is 1. The second-order valence-electron chi connectivity index (χ2n) is 7.80. The third kappa shape index (κ3) is 6.09. The van der Waals surface area contributed by atoms with Crippen LogP contribution in [0.25, 0.3) is 0 Å². The van der Waals surface area contributed by atoms with Gasteiger partial charge in [-0.05, 0) is 68.1 Å². The average molecular weight is 479 g/mol. The maximum Gasteiger partial charge on any atom is 0.338 e. The molecule has 0 radical (unpaired) electrons. The van der Waals surface area contributed by atoms with Crippen LogP contribution in [0.2, 0.25) is 5.02 Å². The highest BCUT2D eigenvalue weighted by Crippen LogP contribution is 2.25. The molecule has 1 heterocycles. The summed E-state index contributed by atoms with van der Waals surface area (Å²) in [6.45, 7) is 4.45. The molecule has 0 saturated carbocycles. The maximum absolute atomic E-state index is 12.7. The van der Waals surface area contributed by atoms with E-state index in [9.17, 15) is 18.0 Å². The number of ether oxygens (including phenoxy) is 1. The fourth-order valence-corrected chi connectivity index (χ4v) is 5.35. The summed E-state index contributed by atoms with van der Waals surface area (Å²) in [5.74, 6) is -0.916. The van der Waals surface area contributed by atoms with Crippen molar-refractivity contribution in [2.45, 2.75) is 32.4 Å². The van der Waals surface area contributed by atoms with Crippen LogP contribution in [0.3, 0.4) is 0 Å². The van der Waals surface area contributed by atoms with Crippen molar-refractivity contribution in [3.63, 3.8) is 0 Å². The molecule has 2 aromatic carbocycles. The Hall–Kier alpha value is -2.42. The monoisotopic (exact) mass is 478 g/mol. The summed E-state index contributed by atoms with van der Waals surface area (Å²) in [6, 6.07) is 11.7. The van der Waals surface area contributed by atoms with Gasteiger partial charge in [0.1, 0.15) is 0 Å². The second kappa shape index (κ2) is 10.5. The zero-order chi connectivity index (χ0) is 23.3. The van der Waals surface area contributed by atoms with Crippen molar-refractivity contribution in [1.82, 2.24) is 4.31 Å². The van der Waals surface area contributed by atoms with E-state index in [1.807, 2.05) is 6.92 Å². The van der Waals surface area contributed by atoms with Gasteiger partial charge in [-0.3, -0.25) is 4.79 Å². The molecule has 7 nitrogen and oxygen atoms in total. The van der Waals surface area contributed by atoms with E-state index in [0.717, 1.165) is 5.56 Å². The summed E-state index contributed by atoms with van der Waals surface area (Å²) in [5, 5.41) is 3.46. The van der Waals surface area contributed by atoms with Gasteiger partial charge in [0.15, 0.2) is 0 Å². The minimum Gasteiger partial charge on any atom is -0.462 e. The summed E-state index contributed by atoms with van der Waals surface area (Å²) in [7, 11) is -3.47. The highest BCUT2D eigenvalue weighted by molar-refractivity contribution is 7.88. The molecule has 32 heavy (non-hydrogen) atoms. The molecule has 0 aromatic heterocycles. The Morgan fingerprint density at radius 2 is 1.78 bits per heavy atom. The molecule has 1 amide bonds. The Kier molecular flexibility index (Phi) is 7.92. The zero-order valence-electron chi connectivity index (χ0n) is 18.1. The Morgan fingerprint density at radius 3 is 2.38 bits per heavy atom. The largest absolute Gasteiger partial charge is 0.462 e. The van der Waals surface area contributed by atoms with Crippen LogP contribution >= 0.6 is 11.6 Å². The number of nitrogens with zero attached hydrogens (tertiary/aromatic N) is 1. The molecule has 1 saturated heterocycles. The molecule has 0 aliphatic carbocycles. The Balaban J connectivity index is 1.56. The van der Waals surface area contributed by atoms with Crippen molar-refractivity contribution in [2.24, 2.45) is 5.92 Å². The van der Waals surface area contributed by atoms with Crippen LogP contribution < -0.4 is 5.32 Å². The first kappa shape index (κ1) is 24.2. The SMILES string of the molecule is CCOC(=O)c1ccc(NC(=O)C2CCN(S(=O)(=O)Cc3ccc(Cl)cc3)CC2)c(C)c1. The fraction of sp³-hybridized carbons (Fsp3) is 0.391. The number of halogens is 1. The predicted molar refractivity (Wildman–Crippen MR) is 124 cm³/mol. The number of anilines is 1. The van der Waals surface area contributed by atoms with E-state index in [2.05, 4.69) is 5.32 Å². The van der Waals surface area contributed by atoms with Gasteiger partial charge in [-0.25, -0.2) is 17.5 Å². The number of aryl methyl sites for hydroxylation is 1. The topological polar surface area (TPSA) is 92.8 Å². The van der Waals surface area contributed by atoms with E-state index in [1.54, 1.807) is 49.4 Å². The fourth-order valence-electron chi connectivity index (χ4n) is 3.66. The molecular formula is C23H27ClN2O5S. The number of piperidine rings is 1. The molecule has 0 bridgehead atoms. The molecule has 1 aliphatic heterocycles. The lowest BCUT2D eigenvalue weighted by molar-refractivity contribution is -0.120. The molecular weight excluding hydrogens is 452 g/mol. The Bertz CT molecular complexity index is 1080. The first-order chi connectivity index (χ1) is 15.2. The number of esters is 1. The summed E-state index contributed by atoms with van der Waals surface area (Å²) in [6.07, 6.45) is 0.900. The quantitative estimate of drug-likeness (QED) is 0.607. The van der Waals surface area contributed by atoms with Gasteiger partial charge in [0.05, 0.1) is 17.9 Å². The molecule has 172 valence electrons. The molecule has 0 atom stereocenters. The Labute approximate surface area is 193 Å². The number of hydrogen-bond donors (Lipinski definition) is 1. The van der Waals surface area contributed by atoms with E-state index in [4.69, 9.17) is 16.3 Å². The molecule has 0 spiro atoms. The van der Waals surface area contributed by atoms with Gasteiger partial charge in [0.25, 0.3) is 0 Å². The second-order valence-corrected chi connectivity index (χ2v) is 10.2. The number of sulfonamides is 1. The van der Waals surface area contributed by atoms with Crippen molar-refractivity contribution >= 4 is 39.2 Å². The lowest BCUT2D eigenvalue weighted by atomic mass is 9.97. The number of carbonyl (C=O) groups is 2. The van der Waals surface area contributed by atoms with Crippen LogP contribution in [-0.2, 0) is 25.3 Å². The van der Waals surface area contributed by atoms with Gasteiger partial charge in [-0.2, -0.15) is 0 Å². The predicted octanol–water partition coefficient (Wildman–Crippen LogP) is 4.01. The number of hydrogen-bond acceptors (Lipinski definition) is 5. The normalized spacial score (nSPS) is 15.3. The van der Waals surface area contributed by atoms with E-state index >= 15 is 0 Å². The number of nitrogens with one attached hydrogen (secondary N) is 1. The third-order valence-electron chi connectivity index (χ3n) is 5.48. The van der Waals surface area contributed by atoms with Crippen LogP contribution in [0.1, 0.15) is 41.3 Å². The summed E-state index contributed by atoms with van der Waals surface area (Å²) in [5.41, 5.74) is 2.49. The van der Waals surface area contributed by atoms with E-state index in [0.29, 0.717) is 54.4 Å². The first-order valence-electron chi connectivity index (χ1n) is 10.5. The van der Waals surface area contributed by atoms with E-state index in [1.165, 1.54) is 4.31 Å². The van der Waals surface area contributed by atoms with Crippen LogP contribution in [0.4, 0.5) is 5.69 Å². The molecule has 1 N–H and O–H groups in total. The van der Waals surface area contributed by atoms with Crippen molar-refractivity contribution in [3.05, 3.63) is 64.2 Å². The van der Waals surface area contributed by atoms with Crippen molar-refractivity contribution < 1.29 is 22.7 Å². The smallest absolute Gasteiger partial charge is 0.338 e. The minimum atomic E-state index is -3.47. The van der Waals surface area contributed by atoms with Crippen LogP contribution in [0, 0.1) is 12.8 Å². The summed E-state index contributed by atoms with van der Waals surface area (Å²) < 4.78 is 31.9. The zero-order valence-corrected chi connectivity index (χ0v) is 19.7. The molecule has 3 rings (SSSR count). The minimum absolute atomic E-state index is 0.0902. The molecule has 0 unspecified atom stereocenters. The highest BCUT2D eigenvalue weighted by atomic mass is 35.5. The van der Waals surface area contributed by atoms with Crippen LogP contribution in [0.5, 0.6) is 0 Å². The molecule has 1 aliphatic rings. The Morgan fingerprint density at radius 1 is 1.12 bits per heavy atom. The lowest BCUT2D eigenvalue weighted by Crippen LogP contribution is -2.41. The van der Waals surface area contributed by atoms with Gasteiger partial charge < -0.3 is 10.1 Å². The summed E-state index contributed by atoms with van der Waals surface area (Å²) in [4.78, 5) is 24.6. The van der Waals surface area contributed by atoms with Crippen LogP contribution in [0.15, 0.2) is 42.5 Å². The van der Waals surface area contributed by atoms with Gasteiger partial charge in [0, 0.05) is 29.7 Å². The summed E-state index contributed by atoms with van der Waals surface area (Å²) >= 11 is 5.86. The van der Waals surface area contributed by atoms with Gasteiger partial charge >= 0.3 is 5.97 Å². The molecule has 9 heteroatoms. The first-order valence-corrected chi connectivity index (χ1v) is 12.5. The number of rotatable bonds is 7. The molecule has 1 fully saturated rings. The standard InChI is InChI=1S/C23H27ClN2O5S/c1-3-31-23(28)19-6-9-21(16(2)14-19)25-22(27)18-10-12-26(13-11-18)32(29,30)15-17-4-7-20(24)8-5-17/h4-9,14,18H,3,10-13,15H2,1-2H3,(H,25,27). The van der Waals surface area contributed by atoms with Gasteiger partial charge in [-0.1, -0.05) is 23.7 Å². The average Bonchev–Trinajstić information content (AvgIpc) is 2.77. The lowest BCUT2D eigenvalue weighted by Gasteiger charge is -2.30. The van der Waals surface area contributed by atoms with E-state index in [-0.39, 0.29) is 17.6 Å². The van der Waals surface area contributed by atoms with Crippen molar-refractivity contribution in [1.29, 1.82) is 0 Å².